The van der Waals surface area contributed by atoms with Crippen molar-refractivity contribution in [2.45, 2.75) is 0 Å². The number of amides is 2. The maximum atomic E-state index is 11.2. The van der Waals surface area contributed by atoms with Crippen LogP contribution in [0, 0.1) is 0 Å². The first kappa shape index (κ1) is 12.4. The maximum Gasteiger partial charge on any atom is 0.348 e. The SMILES string of the molecule is NC(N)=NC(=O)Nc1c(Cl)ccc(O)c1Cl. The summed E-state index contributed by atoms with van der Waals surface area (Å²) in [6.45, 7) is 0. The zero-order valence-electron chi connectivity index (χ0n) is 7.87. The van der Waals surface area contributed by atoms with E-state index in [0.717, 1.165) is 0 Å². The number of urea groups is 1. The van der Waals surface area contributed by atoms with Gasteiger partial charge in [-0.15, -0.1) is 0 Å². The zero-order valence-corrected chi connectivity index (χ0v) is 9.38. The Balaban J connectivity index is 3.02. The summed E-state index contributed by atoms with van der Waals surface area (Å²) >= 11 is 11.5. The maximum absolute atomic E-state index is 11.2. The summed E-state index contributed by atoms with van der Waals surface area (Å²) < 4.78 is 0. The number of hydrogen-bond donors (Lipinski definition) is 4. The molecular formula is C8H8Cl2N4O2. The summed E-state index contributed by atoms with van der Waals surface area (Å²) in [5.74, 6) is -0.615. The van der Waals surface area contributed by atoms with E-state index in [4.69, 9.17) is 34.7 Å². The van der Waals surface area contributed by atoms with Crippen LogP contribution >= 0.6 is 23.2 Å². The van der Waals surface area contributed by atoms with Crippen molar-refractivity contribution in [1.82, 2.24) is 0 Å². The Hall–Kier alpha value is -1.66. The topological polar surface area (TPSA) is 114 Å². The molecule has 0 saturated heterocycles. The number of benzene rings is 1. The van der Waals surface area contributed by atoms with E-state index >= 15 is 0 Å². The highest BCUT2D eigenvalue weighted by Crippen LogP contribution is 2.36. The summed E-state index contributed by atoms with van der Waals surface area (Å²) in [5.41, 5.74) is 10.0. The van der Waals surface area contributed by atoms with Crippen molar-refractivity contribution in [3.8, 4) is 5.75 Å². The summed E-state index contributed by atoms with van der Waals surface area (Å²) in [5, 5.41) is 11.6. The van der Waals surface area contributed by atoms with Crippen molar-refractivity contribution in [3.63, 3.8) is 0 Å². The fraction of sp³-hybridized carbons (Fsp3) is 0. The van der Waals surface area contributed by atoms with Gasteiger partial charge in [0.05, 0.1) is 10.7 Å². The predicted molar refractivity (Wildman–Crippen MR) is 63.0 cm³/mol. The number of halogens is 2. The van der Waals surface area contributed by atoms with E-state index < -0.39 is 12.0 Å². The average molecular weight is 263 g/mol. The van der Waals surface area contributed by atoms with Crippen LogP contribution in [0.25, 0.3) is 0 Å². The number of nitrogens with two attached hydrogens (primary N) is 2. The molecule has 1 rings (SSSR count). The minimum atomic E-state index is -0.839. The number of anilines is 1. The lowest BCUT2D eigenvalue weighted by atomic mass is 10.3. The van der Waals surface area contributed by atoms with Crippen LogP contribution < -0.4 is 16.8 Å². The molecule has 0 aliphatic rings. The predicted octanol–water partition coefficient (Wildman–Crippen LogP) is 1.50. The number of phenols is 1. The highest BCUT2D eigenvalue weighted by Gasteiger charge is 2.12. The largest absolute Gasteiger partial charge is 0.506 e. The molecule has 8 heteroatoms. The van der Waals surface area contributed by atoms with E-state index in [2.05, 4.69) is 10.3 Å². The minimum Gasteiger partial charge on any atom is -0.506 e. The molecule has 1 aromatic carbocycles. The van der Waals surface area contributed by atoms with Gasteiger partial charge in [0, 0.05) is 0 Å². The van der Waals surface area contributed by atoms with Gasteiger partial charge in [-0.1, -0.05) is 23.2 Å². The fourth-order valence-electron chi connectivity index (χ4n) is 0.908. The highest BCUT2D eigenvalue weighted by atomic mass is 35.5. The Labute approximate surface area is 101 Å². The standard InChI is InChI=1S/C8H8Cl2N4O2/c9-3-1-2-4(15)5(10)6(3)13-8(16)14-7(11)12/h1-2,15H,(H5,11,12,13,14,16). The lowest BCUT2D eigenvalue weighted by Crippen LogP contribution is -2.25. The van der Waals surface area contributed by atoms with E-state index in [9.17, 15) is 9.90 Å². The van der Waals surface area contributed by atoms with Gasteiger partial charge in [0.15, 0.2) is 5.96 Å². The molecule has 6 N–H and O–H groups in total. The monoisotopic (exact) mass is 262 g/mol. The minimum absolute atomic E-state index is 0.0401. The average Bonchev–Trinajstić information content (AvgIpc) is 2.17. The summed E-state index contributed by atoms with van der Waals surface area (Å²) in [6.07, 6.45) is 0. The first-order valence-electron chi connectivity index (χ1n) is 3.99. The third-order valence-electron chi connectivity index (χ3n) is 1.53. The van der Waals surface area contributed by atoms with Gasteiger partial charge in [-0.25, -0.2) is 4.79 Å². The molecule has 86 valence electrons. The van der Waals surface area contributed by atoms with Crippen LogP contribution in [0.3, 0.4) is 0 Å². The second kappa shape index (κ2) is 4.91. The normalized spacial score (nSPS) is 9.62. The Kier molecular flexibility index (Phi) is 3.81. The van der Waals surface area contributed by atoms with Gasteiger partial charge in [0.2, 0.25) is 0 Å². The first-order valence-corrected chi connectivity index (χ1v) is 4.75. The summed E-state index contributed by atoms with van der Waals surface area (Å²) in [6, 6.07) is 1.82. The Morgan fingerprint density at radius 3 is 2.56 bits per heavy atom. The molecule has 0 aliphatic carbocycles. The highest BCUT2D eigenvalue weighted by molar-refractivity contribution is 6.40. The number of carbonyl (C=O) groups is 1. The van der Waals surface area contributed by atoms with Gasteiger partial charge >= 0.3 is 6.03 Å². The van der Waals surface area contributed by atoms with Gasteiger partial charge in [-0.2, -0.15) is 4.99 Å². The molecule has 6 nitrogen and oxygen atoms in total. The van der Waals surface area contributed by atoms with E-state index in [0.29, 0.717) is 0 Å². The third-order valence-corrected chi connectivity index (χ3v) is 2.23. The zero-order chi connectivity index (χ0) is 12.3. The number of nitrogens with one attached hydrogen (secondary N) is 1. The second-order valence-electron chi connectivity index (χ2n) is 2.72. The molecule has 0 radical (unpaired) electrons. The molecule has 16 heavy (non-hydrogen) atoms. The third kappa shape index (κ3) is 2.91. The number of phenolic OH excluding ortho intramolecular Hbond substituents is 1. The van der Waals surface area contributed by atoms with E-state index in [1.807, 2.05) is 0 Å². The number of rotatable bonds is 1. The molecule has 0 unspecified atom stereocenters. The van der Waals surface area contributed by atoms with Crippen LogP contribution in [-0.2, 0) is 0 Å². The number of aromatic hydroxyl groups is 1. The van der Waals surface area contributed by atoms with E-state index in [-0.39, 0.29) is 21.5 Å². The van der Waals surface area contributed by atoms with Crippen molar-refractivity contribution in [3.05, 3.63) is 22.2 Å². The van der Waals surface area contributed by atoms with E-state index in [1.165, 1.54) is 12.1 Å². The summed E-state index contributed by atoms with van der Waals surface area (Å²) in [4.78, 5) is 14.4. The van der Waals surface area contributed by atoms with Crippen LogP contribution in [0.1, 0.15) is 0 Å². The summed E-state index contributed by atoms with van der Waals surface area (Å²) in [7, 11) is 0. The Bertz CT molecular complexity index is 458. The van der Waals surface area contributed by atoms with Crippen molar-refractivity contribution in [2.24, 2.45) is 16.5 Å². The molecule has 1 aromatic rings. The lowest BCUT2D eigenvalue weighted by Gasteiger charge is -2.08. The molecule has 0 heterocycles. The number of hydrogen-bond acceptors (Lipinski definition) is 2. The van der Waals surface area contributed by atoms with Crippen molar-refractivity contribution in [1.29, 1.82) is 0 Å². The van der Waals surface area contributed by atoms with Gasteiger partial charge in [-0.05, 0) is 12.1 Å². The molecule has 0 aliphatic heterocycles. The lowest BCUT2D eigenvalue weighted by molar-refractivity contribution is 0.259. The van der Waals surface area contributed by atoms with Crippen LogP contribution in [0.2, 0.25) is 10.0 Å². The van der Waals surface area contributed by atoms with Crippen molar-refractivity contribution < 1.29 is 9.90 Å². The van der Waals surface area contributed by atoms with Crippen LogP contribution in [0.15, 0.2) is 17.1 Å². The first-order chi connectivity index (χ1) is 7.41. The number of nitrogens with zero attached hydrogens (tertiary/aromatic N) is 1. The Morgan fingerprint density at radius 1 is 1.38 bits per heavy atom. The number of aliphatic imine (C=N–C) groups is 1. The molecule has 2 amide bonds. The van der Waals surface area contributed by atoms with Crippen molar-refractivity contribution in [2.75, 3.05) is 5.32 Å². The molecule has 0 fully saturated rings. The van der Waals surface area contributed by atoms with Crippen LogP contribution in [0.4, 0.5) is 10.5 Å². The van der Waals surface area contributed by atoms with Gasteiger partial charge < -0.3 is 21.9 Å². The second-order valence-corrected chi connectivity index (χ2v) is 3.51. The van der Waals surface area contributed by atoms with Gasteiger partial charge in [0.1, 0.15) is 10.8 Å². The molecule has 0 spiro atoms. The molecule has 0 bridgehead atoms. The van der Waals surface area contributed by atoms with Gasteiger partial charge in [0.25, 0.3) is 0 Å². The van der Waals surface area contributed by atoms with Crippen LogP contribution in [-0.4, -0.2) is 17.1 Å². The molecular weight excluding hydrogens is 255 g/mol. The number of guanidine groups is 1. The van der Waals surface area contributed by atoms with Crippen molar-refractivity contribution >= 4 is 40.9 Å². The van der Waals surface area contributed by atoms with Crippen LogP contribution in [0.5, 0.6) is 5.75 Å². The molecule has 0 saturated carbocycles. The fourth-order valence-corrected chi connectivity index (χ4v) is 1.37. The molecule has 0 aromatic heterocycles. The van der Waals surface area contributed by atoms with Gasteiger partial charge in [-0.3, -0.25) is 0 Å². The molecule has 0 atom stereocenters. The Morgan fingerprint density at radius 2 is 2.00 bits per heavy atom. The smallest absolute Gasteiger partial charge is 0.348 e. The van der Waals surface area contributed by atoms with E-state index in [1.54, 1.807) is 0 Å². The quantitative estimate of drug-likeness (QED) is 0.454. The number of carbonyl (C=O) groups excluding carboxylic acids is 1.